The predicted octanol–water partition coefficient (Wildman–Crippen LogP) is 4.72. The Morgan fingerprint density at radius 1 is 0.962 bits per heavy atom. The van der Waals surface area contributed by atoms with Crippen molar-refractivity contribution < 1.29 is 4.39 Å². The van der Waals surface area contributed by atoms with Crippen LogP contribution in [0.4, 0.5) is 16.2 Å². The van der Waals surface area contributed by atoms with Crippen molar-refractivity contribution in [3.63, 3.8) is 0 Å². The molecular formula is C21H23FN4. The van der Waals surface area contributed by atoms with Crippen LogP contribution < -0.4 is 10.2 Å². The van der Waals surface area contributed by atoms with Crippen molar-refractivity contribution in [2.75, 3.05) is 23.3 Å². The summed E-state index contributed by atoms with van der Waals surface area (Å²) in [5, 5.41) is 4.55. The second-order valence-corrected chi connectivity index (χ2v) is 7.34. The first kappa shape index (κ1) is 16.8. The van der Waals surface area contributed by atoms with Gasteiger partial charge in [-0.25, -0.2) is 9.37 Å². The Bertz CT molecular complexity index is 915. The van der Waals surface area contributed by atoms with Crippen molar-refractivity contribution in [1.29, 1.82) is 0 Å². The molecule has 26 heavy (non-hydrogen) atoms. The van der Waals surface area contributed by atoms with E-state index >= 15 is 0 Å². The van der Waals surface area contributed by atoms with Crippen LogP contribution in [0.3, 0.4) is 0 Å². The molecule has 0 atom stereocenters. The monoisotopic (exact) mass is 350 g/mol. The number of anilines is 2. The van der Waals surface area contributed by atoms with E-state index in [9.17, 15) is 4.39 Å². The van der Waals surface area contributed by atoms with Crippen LogP contribution in [0.25, 0.3) is 10.9 Å². The van der Waals surface area contributed by atoms with Crippen molar-refractivity contribution in [2.45, 2.75) is 32.2 Å². The first-order valence-electron chi connectivity index (χ1n) is 9.09. The average Bonchev–Trinajstić information content (AvgIpc) is 3.16. The van der Waals surface area contributed by atoms with E-state index in [4.69, 9.17) is 9.97 Å². The molecule has 2 aromatic carbocycles. The minimum absolute atomic E-state index is 0.228. The number of nitrogens with zero attached hydrogens (tertiary/aromatic N) is 3. The molecule has 0 radical (unpaired) electrons. The van der Waals surface area contributed by atoms with Crippen LogP contribution in [0.15, 0.2) is 48.5 Å². The molecule has 0 saturated carbocycles. The summed E-state index contributed by atoms with van der Waals surface area (Å²) in [4.78, 5) is 11.8. The fraction of sp³-hybridized carbons (Fsp3) is 0.333. The molecule has 1 aliphatic heterocycles. The SMILES string of the molecule is CC(C)(Nc1nc(N2CCCC2)nc2ccccc12)c1ccc(F)cc1. The second-order valence-electron chi connectivity index (χ2n) is 7.34. The molecule has 0 spiro atoms. The molecule has 1 saturated heterocycles. The molecule has 1 N–H and O–H groups in total. The van der Waals surface area contributed by atoms with Crippen LogP contribution in [0.1, 0.15) is 32.3 Å². The molecule has 1 fully saturated rings. The molecule has 1 aromatic heterocycles. The lowest BCUT2D eigenvalue weighted by Gasteiger charge is -2.29. The van der Waals surface area contributed by atoms with Crippen LogP contribution in [0.5, 0.6) is 0 Å². The molecule has 134 valence electrons. The maximum atomic E-state index is 13.3. The van der Waals surface area contributed by atoms with E-state index in [0.717, 1.165) is 41.3 Å². The number of fused-ring (bicyclic) bond motifs is 1. The molecule has 4 rings (SSSR count). The molecule has 1 aliphatic rings. The molecule has 0 bridgehead atoms. The van der Waals surface area contributed by atoms with Gasteiger partial charge in [-0.1, -0.05) is 24.3 Å². The van der Waals surface area contributed by atoms with Gasteiger partial charge in [0.25, 0.3) is 0 Å². The lowest BCUT2D eigenvalue weighted by molar-refractivity contribution is 0.596. The fourth-order valence-corrected chi connectivity index (χ4v) is 3.45. The molecule has 2 heterocycles. The number of hydrogen-bond acceptors (Lipinski definition) is 4. The van der Waals surface area contributed by atoms with Crippen LogP contribution in [-0.2, 0) is 5.54 Å². The van der Waals surface area contributed by atoms with Gasteiger partial charge in [-0.3, -0.25) is 0 Å². The third kappa shape index (κ3) is 3.21. The summed E-state index contributed by atoms with van der Waals surface area (Å²) in [5.74, 6) is 1.36. The zero-order valence-electron chi connectivity index (χ0n) is 15.2. The quantitative estimate of drug-likeness (QED) is 0.739. The van der Waals surface area contributed by atoms with Gasteiger partial charge in [-0.15, -0.1) is 0 Å². The zero-order chi connectivity index (χ0) is 18.1. The Kier molecular flexibility index (Phi) is 4.23. The maximum Gasteiger partial charge on any atom is 0.227 e. The molecular weight excluding hydrogens is 327 g/mol. The van der Waals surface area contributed by atoms with Gasteiger partial charge in [0.05, 0.1) is 11.1 Å². The lowest BCUT2D eigenvalue weighted by Crippen LogP contribution is -2.29. The maximum absolute atomic E-state index is 13.3. The van der Waals surface area contributed by atoms with Crippen molar-refractivity contribution in [2.24, 2.45) is 0 Å². The highest BCUT2D eigenvalue weighted by Crippen LogP contribution is 2.31. The van der Waals surface area contributed by atoms with Gasteiger partial charge < -0.3 is 10.2 Å². The van der Waals surface area contributed by atoms with Crippen molar-refractivity contribution in [3.05, 3.63) is 59.9 Å². The molecule has 3 aromatic rings. The Morgan fingerprint density at radius 2 is 1.65 bits per heavy atom. The van der Waals surface area contributed by atoms with Gasteiger partial charge in [0.15, 0.2) is 0 Å². The highest BCUT2D eigenvalue weighted by atomic mass is 19.1. The average molecular weight is 350 g/mol. The summed E-state index contributed by atoms with van der Waals surface area (Å²) in [6.45, 7) is 6.15. The highest BCUT2D eigenvalue weighted by Gasteiger charge is 2.24. The van der Waals surface area contributed by atoms with E-state index in [0.29, 0.717) is 0 Å². The molecule has 4 nitrogen and oxygen atoms in total. The van der Waals surface area contributed by atoms with E-state index in [1.807, 2.05) is 36.4 Å². The van der Waals surface area contributed by atoms with E-state index in [-0.39, 0.29) is 5.82 Å². The van der Waals surface area contributed by atoms with E-state index in [2.05, 4.69) is 24.1 Å². The van der Waals surface area contributed by atoms with Gasteiger partial charge in [0.2, 0.25) is 5.95 Å². The Balaban J connectivity index is 1.75. The van der Waals surface area contributed by atoms with Gasteiger partial charge in [0, 0.05) is 18.5 Å². The Hall–Kier alpha value is -2.69. The topological polar surface area (TPSA) is 41.1 Å². The third-order valence-electron chi connectivity index (χ3n) is 4.98. The third-order valence-corrected chi connectivity index (χ3v) is 4.98. The van der Waals surface area contributed by atoms with Crippen LogP contribution in [0, 0.1) is 5.82 Å². The molecule has 0 amide bonds. The first-order valence-corrected chi connectivity index (χ1v) is 9.09. The first-order chi connectivity index (χ1) is 12.5. The van der Waals surface area contributed by atoms with Gasteiger partial charge in [0.1, 0.15) is 11.6 Å². The van der Waals surface area contributed by atoms with Crippen LogP contribution >= 0.6 is 0 Å². The van der Waals surface area contributed by atoms with Crippen LogP contribution in [-0.4, -0.2) is 23.1 Å². The van der Waals surface area contributed by atoms with Crippen molar-refractivity contribution >= 4 is 22.7 Å². The smallest absolute Gasteiger partial charge is 0.227 e. The summed E-state index contributed by atoms with van der Waals surface area (Å²) >= 11 is 0. The highest BCUT2D eigenvalue weighted by molar-refractivity contribution is 5.90. The van der Waals surface area contributed by atoms with Crippen LogP contribution in [0.2, 0.25) is 0 Å². The van der Waals surface area contributed by atoms with Gasteiger partial charge in [-0.05, 0) is 56.5 Å². The minimum atomic E-state index is -0.396. The predicted molar refractivity (Wildman–Crippen MR) is 104 cm³/mol. The number of rotatable bonds is 4. The zero-order valence-corrected chi connectivity index (χ0v) is 15.2. The molecule has 0 unspecified atom stereocenters. The van der Waals surface area contributed by atoms with E-state index < -0.39 is 5.54 Å². The molecule has 5 heteroatoms. The standard InChI is InChI=1S/C21H23FN4/c1-21(2,15-9-11-16(22)12-10-15)25-19-17-7-3-4-8-18(17)23-20(24-19)26-13-5-6-14-26/h3-4,7-12H,5-6,13-14H2,1-2H3,(H,23,24,25). The normalized spacial score (nSPS) is 14.8. The van der Waals surface area contributed by atoms with E-state index in [1.165, 1.54) is 25.0 Å². The minimum Gasteiger partial charge on any atom is -0.360 e. The number of nitrogens with one attached hydrogen (secondary N) is 1. The number of para-hydroxylation sites is 1. The number of benzene rings is 2. The van der Waals surface area contributed by atoms with E-state index in [1.54, 1.807) is 0 Å². The summed E-state index contributed by atoms with van der Waals surface area (Å²) in [7, 11) is 0. The Labute approximate surface area is 153 Å². The van der Waals surface area contributed by atoms with Gasteiger partial charge in [-0.2, -0.15) is 4.98 Å². The summed E-state index contributed by atoms with van der Waals surface area (Å²) in [6.07, 6.45) is 2.36. The fourth-order valence-electron chi connectivity index (χ4n) is 3.45. The van der Waals surface area contributed by atoms with Crippen molar-refractivity contribution in [1.82, 2.24) is 9.97 Å². The summed E-state index contributed by atoms with van der Waals surface area (Å²) in [5.41, 5.74) is 1.54. The lowest BCUT2D eigenvalue weighted by atomic mass is 9.94. The Morgan fingerprint density at radius 3 is 2.38 bits per heavy atom. The van der Waals surface area contributed by atoms with Gasteiger partial charge >= 0.3 is 0 Å². The number of halogens is 1. The largest absolute Gasteiger partial charge is 0.360 e. The molecule has 0 aliphatic carbocycles. The number of hydrogen-bond donors (Lipinski definition) is 1. The second kappa shape index (κ2) is 6.56. The number of aromatic nitrogens is 2. The van der Waals surface area contributed by atoms with Crippen molar-refractivity contribution in [3.8, 4) is 0 Å². The summed E-state index contributed by atoms with van der Waals surface area (Å²) in [6, 6.07) is 14.7. The summed E-state index contributed by atoms with van der Waals surface area (Å²) < 4.78 is 13.3.